The predicted molar refractivity (Wildman–Crippen MR) is 81.2 cm³/mol. The molecule has 0 atom stereocenters. The second-order valence-electron chi connectivity index (χ2n) is 7.90. The summed E-state index contributed by atoms with van der Waals surface area (Å²) in [7, 11) is 0. The summed E-state index contributed by atoms with van der Waals surface area (Å²) in [5, 5.41) is 3.11. The van der Waals surface area contributed by atoms with Crippen LogP contribution in [0.5, 0.6) is 0 Å². The third-order valence-electron chi connectivity index (χ3n) is 5.65. The van der Waals surface area contributed by atoms with Gasteiger partial charge in [-0.2, -0.15) is 0 Å². The average Bonchev–Trinajstić information content (AvgIpc) is 2.25. The van der Waals surface area contributed by atoms with E-state index in [4.69, 9.17) is 0 Å². The van der Waals surface area contributed by atoms with Crippen molar-refractivity contribution in [1.82, 2.24) is 5.32 Å². The predicted octanol–water partition coefficient (Wildman–Crippen LogP) is 3.88. The SMILES string of the molecule is CC(C)(Br)C(=O)NCCC12CC3CC(CC(C3)C1)C2. The van der Waals surface area contributed by atoms with Crippen molar-refractivity contribution in [2.24, 2.45) is 23.2 Å². The Balaban J connectivity index is 1.54. The number of carbonyl (C=O) groups is 1. The molecule has 0 aromatic heterocycles. The third-order valence-corrected chi connectivity index (χ3v) is 6.01. The van der Waals surface area contributed by atoms with Crippen LogP contribution in [0.1, 0.15) is 58.8 Å². The quantitative estimate of drug-likeness (QED) is 0.780. The summed E-state index contributed by atoms with van der Waals surface area (Å²) >= 11 is 3.43. The summed E-state index contributed by atoms with van der Waals surface area (Å²) in [6.45, 7) is 4.68. The lowest BCUT2D eigenvalue weighted by Crippen LogP contribution is -2.48. The van der Waals surface area contributed by atoms with Crippen molar-refractivity contribution < 1.29 is 4.79 Å². The molecule has 0 saturated heterocycles. The molecule has 0 spiro atoms. The van der Waals surface area contributed by atoms with Crippen LogP contribution in [0.3, 0.4) is 0 Å². The summed E-state index contributed by atoms with van der Waals surface area (Å²) in [5.41, 5.74) is 0.582. The van der Waals surface area contributed by atoms with Gasteiger partial charge in [0.25, 0.3) is 0 Å². The van der Waals surface area contributed by atoms with Crippen LogP contribution in [0, 0.1) is 23.2 Å². The Morgan fingerprint density at radius 2 is 1.63 bits per heavy atom. The van der Waals surface area contributed by atoms with Crippen molar-refractivity contribution in [3.05, 3.63) is 0 Å². The molecule has 4 aliphatic rings. The fourth-order valence-corrected chi connectivity index (χ4v) is 5.39. The Morgan fingerprint density at radius 1 is 1.16 bits per heavy atom. The zero-order chi connectivity index (χ0) is 13.7. The molecule has 3 heteroatoms. The molecule has 0 heterocycles. The first-order valence-electron chi connectivity index (χ1n) is 7.84. The summed E-state index contributed by atoms with van der Waals surface area (Å²) in [5.74, 6) is 3.15. The van der Waals surface area contributed by atoms with Crippen molar-refractivity contribution in [2.75, 3.05) is 6.54 Å². The van der Waals surface area contributed by atoms with Gasteiger partial charge in [0.05, 0.1) is 4.32 Å². The van der Waals surface area contributed by atoms with E-state index in [0.717, 1.165) is 24.3 Å². The van der Waals surface area contributed by atoms with Gasteiger partial charge in [-0.1, -0.05) is 15.9 Å². The maximum Gasteiger partial charge on any atom is 0.236 e. The smallest absolute Gasteiger partial charge is 0.236 e. The van der Waals surface area contributed by atoms with Crippen molar-refractivity contribution >= 4 is 21.8 Å². The Kier molecular flexibility index (Phi) is 3.48. The van der Waals surface area contributed by atoms with Gasteiger partial charge in [-0.25, -0.2) is 0 Å². The minimum Gasteiger partial charge on any atom is -0.355 e. The third kappa shape index (κ3) is 2.86. The molecular formula is C16H26BrNO. The molecule has 1 amide bonds. The van der Waals surface area contributed by atoms with E-state index < -0.39 is 4.32 Å². The highest BCUT2D eigenvalue weighted by atomic mass is 79.9. The number of alkyl halides is 1. The molecule has 0 aromatic carbocycles. The lowest BCUT2D eigenvalue weighted by Gasteiger charge is -2.57. The second kappa shape index (κ2) is 4.75. The van der Waals surface area contributed by atoms with Crippen LogP contribution in [0.2, 0.25) is 0 Å². The van der Waals surface area contributed by atoms with Crippen molar-refractivity contribution in [2.45, 2.75) is 63.1 Å². The van der Waals surface area contributed by atoms with Gasteiger partial charge in [0.1, 0.15) is 0 Å². The molecule has 4 bridgehead atoms. The van der Waals surface area contributed by atoms with E-state index in [1.807, 2.05) is 13.8 Å². The monoisotopic (exact) mass is 327 g/mol. The Labute approximate surface area is 125 Å². The number of amides is 1. The molecule has 19 heavy (non-hydrogen) atoms. The van der Waals surface area contributed by atoms with Crippen molar-refractivity contribution in [1.29, 1.82) is 0 Å². The van der Waals surface area contributed by atoms with Crippen molar-refractivity contribution in [3.8, 4) is 0 Å². The molecule has 108 valence electrons. The van der Waals surface area contributed by atoms with E-state index in [0.29, 0.717) is 5.41 Å². The first kappa shape index (κ1) is 13.9. The summed E-state index contributed by atoms with van der Waals surface area (Å²) in [4.78, 5) is 11.9. The van der Waals surface area contributed by atoms with Gasteiger partial charge >= 0.3 is 0 Å². The molecule has 0 aromatic rings. The molecule has 4 aliphatic carbocycles. The fourth-order valence-electron chi connectivity index (χ4n) is 5.25. The minimum absolute atomic E-state index is 0.122. The van der Waals surface area contributed by atoms with Crippen LogP contribution in [-0.4, -0.2) is 16.8 Å². The largest absolute Gasteiger partial charge is 0.355 e. The van der Waals surface area contributed by atoms with Crippen LogP contribution < -0.4 is 5.32 Å². The zero-order valence-electron chi connectivity index (χ0n) is 12.2. The lowest BCUT2D eigenvalue weighted by molar-refractivity contribution is -0.122. The van der Waals surface area contributed by atoms with Gasteiger partial charge in [-0.15, -0.1) is 0 Å². The lowest BCUT2D eigenvalue weighted by atomic mass is 9.49. The number of halogens is 1. The highest BCUT2D eigenvalue weighted by Gasteiger charge is 2.50. The standard InChI is InChI=1S/C16H26BrNO/c1-15(2,17)14(19)18-4-3-16-8-11-5-12(9-16)7-13(6-11)10-16/h11-13H,3-10H2,1-2H3,(H,18,19). The Bertz CT molecular complexity index is 336. The van der Waals surface area contributed by atoms with E-state index in [-0.39, 0.29) is 5.91 Å². The molecule has 4 saturated carbocycles. The molecule has 0 radical (unpaired) electrons. The normalized spacial score (nSPS) is 40.5. The van der Waals surface area contributed by atoms with Crippen molar-refractivity contribution in [3.63, 3.8) is 0 Å². The van der Waals surface area contributed by atoms with Crippen LogP contribution >= 0.6 is 15.9 Å². The summed E-state index contributed by atoms with van der Waals surface area (Å²) in [6.07, 6.45) is 10.0. The average molecular weight is 328 g/mol. The van der Waals surface area contributed by atoms with E-state index in [2.05, 4.69) is 21.2 Å². The Morgan fingerprint density at radius 3 is 2.05 bits per heavy atom. The highest BCUT2D eigenvalue weighted by Crippen LogP contribution is 2.61. The summed E-state index contributed by atoms with van der Waals surface area (Å²) in [6, 6.07) is 0. The van der Waals surface area contributed by atoms with Crippen LogP contribution in [0.15, 0.2) is 0 Å². The summed E-state index contributed by atoms with van der Waals surface area (Å²) < 4.78 is -0.436. The van der Waals surface area contributed by atoms with Gasteiger partial charge in [-0.05, 0) is 82.0 Å². The molecule has 1 N–H and O–H groups in total. The molecule has 0 unspecified atom stereocenters. The number of hydrogen-bond acceptors (Lipinski definition) is 1. The zero-order valence-corrected chi connectivity index (χ0v) is 13.8. The van der Waals surface area contributed by atoms with Crippen LogP contribution in [-0.2, 0) is 4.79 Å². The number of hydrogen-bond donors (Lipinski definition) is 1. The highest BCUT2D eigenvalue weighted by molar-refractivity contribution is 9.10. The maximum atomic E-state index is 11.9. The van der Waals surface area contributed by atoms with Gasteiger partial charge in [0.2, 0.25) is 5.91 Å². The van der Waals surface area contributed by atoms with Crippen LogP contribution in [0.4, 0.5) is 0 Å². The van der Waals surface area contributed by atoms with E-state index in [1.165, 1.54) is 44.9 Å². The topological polar surface area (TPSA) is 29.1 Å². The molecule has 0 aliphatic heterocycles. The van der Waals surface area contributed by atoms with Gasteiger partial charge < -0.3 is 5.32 Å². The first-order valence-corrected chi connectivity index (χ1v) is 8.63. The Hall–Kier alpha value is -0.0500. The molecule has 2 nitrogen and oxygen atoms in total. The fraction of sp³-hybridized carbons (Fsp3) is 0.938. The molecular weight excluding hydrogens is 302 g/mol. The first-order chi connectivity index (χ1) is 8.86. The van der Waals surface area contributed by atoms with E-state index in [1.54, 1.807) is 0 Å². The minimum atomic E-state index is -0.436. The molecule has 4 fully saturated rings. The maximum absolute atomic E-state index is 11.9. The number of rotatable bonds is 4. The molecule has 4 rings (SSSR count). The van der Waals surface area contributed by atoms with Gasteiger partial charge in [-0.3, -0.25) is 4.79 Å². The van der Waals surface area contributed by atoms with E-state index >= 15 is 0 Å². The van der Waals surface area contributed by atoms with E-state index in [9.17, 15) is 4.79 Å². The second-order valence-corrected chi connectivity index (χ2v) is 9.88. The number of nitrogens with one attached hydrogen (secondary N) is 1. The number of carbonyl (C=O) groups excluding carboxylic acids is 1. The van der Waals surface area contributed by atoms with Gasteiger partial charge in [0.15, 0.2) is 0 Å². The van der Waals surface area contributed by atoms with Crippen LogP contribution in [0.25, 0.3) is 0 Å². The van der Waals surface area contributed by atoms with Gasteiger partial charge in [0, 0.05) is 6.54 Å².